The van der Waals surface area contributed by atoms with Gasteiger partial charge in [0.1, 0.15) is 5.69 Å². The number of hydrogen-bond acceptors (Lipinski definition) is 2. The molecule has 12 heavy (non-hydrogen) atoms. The summed E-state index contributed by atoms with van der Waals surface area (Å²) in [5.41, 5.74) is 2.82. The van der Waals surface area contributed by atoms with Crippen molar-refractivity contribution in [2.45, 2.75) is 13.8 Å². The van der Waals surface area contributed by atoms with Crippen molar-refractivity contribution in [3.8, 4) is 0 Å². The molecule has 0 spiro atoms. The average molecular weight is 163 g/mol. The number of hydrogen-bond donors (Lipinski definition) is 0. The molecule has 64 valence electrons. The van der Waals surface area contributed by atoms with Crippen LogP contribution in [0.2, 0.25) is 0 Å². The minimum Gasteiger partial charge on any atom is -0.275 e. The van der Waals surface area contributed by atoms with Crippen LogP contribution in [0, 0.1) is 6.92 Å². The van der Waals surface area contributed by atoms with E-state index < -0.39 is 0 Å². The van der Waals surface area contributed by atoms with Crippen LogP contribution in [0.3, 0.4) is 0 Å². The van der Waals surface area contributed by atoms with Crippen LogP contribution >= 0.6 is 0 Å². The molecule has 0 unspecified atom stereocenters. The van der Waals surface area contributed by atoms with E-state index in [1.807, 2.05) is 27.1 Å². The molecule has 0 aliphatic heterocycles. The van der Waals surface area contributed by atoms with Crippen LogP contribution in [0.4, 0.5) is 0 Å². The van der Waals surface area contributed by atoms with Crippen LogP contribution in [-0.4, -0.2) is 16.0 Å². The predicted octanol–water partition coefficient (Wildman–Crippen LogP) is 1.68. The Kier molecular flexibility index (Phi) is 2.43. The SMILES string of the molecule is C=C(C)N=Cc1nn(C)cc1C. The number of aliphatic imine (C=N–C) groups is 1. The maximum absolute atomic E-state index is 4.21. The van der Waals surface area contributed by atoms with E-state index in [0.29, 0.717) is 0 Å². The normalized spacial score (nSPS) is 10.9. The number of allylic oxidation sites excluding steroid dienone is 1. The van der Waals surface area contributed by atoms with Gasteiger partial charge in [-0.05, 0) is 19.4 Å². The van der Waals surface area contributed by atoms with Crippen molar-refractivity contribution in [2.24, 2.45) is 12.0 Å². The molecule has 1 aromatic heterocycles. The molecular formula is C9H13N3. The second-order valence-electron chi connectivity index (χ2n) is 2.86. The number of aromatic nitrogens is 2. The van der Waals surface area contributed by atoms with Crippen molar-refractivity contribution >= 4 is 6.21 Å². The van der Waals surface area contributed by atoms with Crippen molar-refractivity contribution in [3.63, 3.8) is 0 Å². The fourth-order valence-electron chi connectivity index (χ4n) is 0.923. The van der Waals surface area contributed by atoms with E-state index in [9.17, 15) is 0 Å². The third kappa shape index (κ3) is 2.05. The summed E-state index contributed by atoms with van der Waals surface area (Å²) in [7, 11) is 1.89. The van der Waals surface area contributed by atoms with Crippen molar-refractivity contribution in [3.05, 3.63) is 29.7 Å². The largest absolute Gasteiger partial charge is 0.275 e. The van der Waals surface area contributed by atoms with Crippen molar-refractivity contribution in [1.29, 1.82) is 0 Å². The topological polar surface area (TPSA) is 30.2 Å². The van der Waals surface area contributed by atoms with Crippen LogP contribution in [0.25, 0.3) is 0 Å². The van der Waals surface area contributed by atoms with Crippen LogP contribution < -0.4 is 0 Å². The summed E-state index contributed by atoms with van der Waals surface area (Å²) in [5, 5.41) is 4.21. The highest BCUT2D eigenvalue weighted by Gasteiger charge is 1.98. The third-order valence-corrected chi connectivity index (χ3v) is 1.46. The first-order chi connectivity index (χ1) is 5.59. The summed E-state index contributed by atoms with van der Waals surface area (Å²) in [4.78, 5) is 4.07. The zero-order chi connectivity index (χ0) is 9.14. The van der Waals surface area contributed by atoms with Gasteiger partial charge in [-0.1, -0.05) is 6.58 Å². The van der Waals surface area contributed by atoms with Gasteiger partial charge >= 0.3 is 0 Å². The van der Waals surface area contributed by atoms with E-state index in [4.69, 9.17) is 0 Å². The summed E-state index contributed by atoms with van der Waals surface area (Å²) in [6, 6.07) is 0. The van der Waals surface area contributed by atoms with Crippen LogP contribution in [-0.2, 0) is 7.05 Å². The highest BCUT2D eigenvalue weighted by atomic mass is 15.2. The van der Waals surface area contributed by atoms with Gasteiger partial charge < -0.3 is 0 Å². The van der Waals surface area contributed by atoms with Gasteiger partial charge in [0.05, 0.1) is 6.21 Å². The molecule has 0 bridgehead atoms. The van der Waals surface area contributed by atoms with Gasteiger partial charge in [-0.3, -0.25) is 9.67 Å². The minimum atomic E-state index is 0.792. The molecule has 3 heteroatoms. The molecule has 0 saturated carbocycles. The van der Waals surface area contributed by atoms with Gasteiger partial charge in [0.25, 0.3) is 0 Å². The molecule has 0 aliphatic rings. The molecule has 3 nitrogen and oxygen atoms in total. The Labute approximate surface area is 72.4 Å². The van der Waals surface area contributed by atoms with Gasteiger partial charge in [-0.25, -0.2) is 0 Å². The van der Waals surface area contributed by atoms with Crippen molar-refractivity contribution in [1.82, 2.24) is 9.78 Å². The molecule has 0 atom stereocenters. The smallest absolute Gasteiger partial charge is 0.106 e. The Hall–Kier alpha value is -1.38. The lowest BCUT2D eigenvalue weighted by atomic mass is 10.3. The van der Waals surface area contributed by atoms with E-state index in [1.54, 1.807) is 10.9 Å². The van der Waals surface area contributed by atoms with Crippen molar-refractivity contribution in [2.75, 3.05) is 0 Å². The molecule has 1 rings (SSSR count). The maximum atomic E-state index is 4.21. The Morgan fingerprint density at radius 2 is 2.42 bits per heavy atom. The standard InChI is InChI=1S/C9H13N3/c1-7(2)10-5-9-8(3)6-12(4)11-9/h5-6H,1H2,2-4H3. The molecule has 0 radical (unpaired) electrons. The summed E-state index contributed by atoms with van der Waals surface area (Å²) >= 11 is 0. The molecule has 0 N–H and O–H groups in total. The molecular weight excluding hydrogens is 150 g/mol. The third-order valence-electron chi connectivity index (χ3n) is 1.46. The van der Waals surface area contributed by atoms with E-state index in [0.717, 1.165) is 17.0 Å². The summed E-state index contributed by atoms with van der Waals surface area (Å²) in [5.74, 6) is 0. The maximum Gasteiger partial charge on any atom is 0.106 e. The lowest BCUT2D eigenvalue weighted by molar-refractivity contribution is 0.765. The first-order valence-corrected chi connectivity index (χ1v) is 3.79. The average Bonchev–Trinajstić information content (AvgIpc) is 2.26. The fourth-order valence-corrected chi connectivity index (χ4v) is 0.923. The van der Waals surface area contributed by atoms with Gasteiger partial charge in [0, 0.05) is 18.9 Å². The lowest BCUT2D eigenvalue weighted by Gasteiger charge is -1.87. The molecule has 0 saturated heterocycles. The zero-order valence-electron chi connectivity index (χ0n) is 7.70. The molecule has 1 heterocycles. The predicted molar refractivity (Wildman–Crippen MR) is 50.4 cm³/mol. The van der Waals surface area contributed by atoms with Gasteiger partial charge in [0.15, 0.2) is 0 Å². The Bertz CT molecular complexity index is 321. The second kappa shape index (κ2) is 3.34. The van der Waals surface area contributed by atoms with E-state index in [2.05, 4.69) is 16.7 Å². The lowest BCUT2D eigenvalue weighted by Crippen LogP contribution is -1.90. The van der Waals surface area contributed by atoms with Crippen molar-refractivity contribution < 1.29 is 0 Å². The Morgan fingerprint density at radius 3 is 2.83 bits per heavy atom. The molecule has 0 fully saturated rings. The first-order valence-electron chi connectivity index (χ1n) is 3.79. The molecule has 0 aliphatic carbocycles. The van der Waals surface area contributed by atoms with Crippen LogP contribution in [0.15, 0.2) is 23.5 Å². The number of rotatable bonds is 2. The van der Waals surface area contributed by atoms with E-state index in [1.165, 1.54) is 0 Å². The highest BCUT2D eigenvalue weighted by Crippen LogP contribution is 2.01. The van der Waals surface area contributed by atoms with Gasteiger partial charge in [0.2, 0.25) is 0 Å². The quantitative estimate of drug-likeness (QED) is 0.610. The monoisotopic (exact) mass is 163 g/mol. The fraction of sp³-hybridized carbons (Fsp3) is 0.333. The van der Waals surface area contributed by atoms with Crippen LogP contribution in [0.5, 0.6) is 0 Å². The van der Waals surface area contributed by atoms with E-state index >= 15 is 0 Å². The van der Waals surface area contributed by atoms with Gasteiger partial charge in [-0.2, -0.15) is 5.10 Å². The summed E-state index contributed by atoms with van der Waals surface area (Å²) in [6.45, 7) is 7.54. The molecule has 1 aromatic rings. The number of nitrogens with zero attached hydrogens (tertiary/aromatic N) is 3. The highest BCUT2D eigenvalue weighted by molar-refractivity contribution is 5.79. The summed E-state index contributed by atoms with van der Waals surface area (Å²) < 4.78 is 1.77. The minimum absolute atomic E-state index is 0.792. The van der Waals surface area contributed by atoms with Gasteiger partial charge in [-0.15, -0.1) is 0 Å². The van der Waals surface area contributed by atoms with Crippen LogP contribution in [0.1, 0.15) is 18.2 Å². The molecule has 0 amide bonds. The molecule has 0 aromatic carbocycles. The Balaban J connectivity index is 2.89. The summed E-state index contributed by atoms with van der Waals surface area (Å²) in [6.07, 6.45) is 3.69. The second-order valence-corrected chi connectivity index (χ2v) is 2.86. The first kappa shape index (κ1) is 8.71. The number of aryl methyl sites for hydroxylation is 2. The zero-order valence-corrected chi connectivity index (χ0v) is 7.70. The van der Waals surface area contributed by atoms with E-state index in [-0.39, 0.29) is 0 Å². The Morgan fingerprint density at radius 1 is 1.75 bits per heavy atom.